The van der Waals surface area contributed by atoms with Crippen LogP contribution in [0.4, 0.5) is 0 Å². The molecule has 2 amide bonds. The third-order valence-electron chi connectivity index (χ3n) is 3.93. The number of amides is 2. The van der Waals surface area contributed by atoms with E-state index in [1.807, 2.05) is 30.3 Å². The van der Waals surface area contributed by atoms with Gasteiger partial charge in [-0.1, -0.05) is 60.7 Å². The van der Waals surface area contributed by atoms with Crippen LogP contribution in [0.5, 0.6) is 0 Å². The van der Waals surface area contributed by atoms with Gasteiger partial charge in [0.1, 0.15) is 13.2 Å². The summed E-state index contributed by atoms with van der Waals surface area (Å²) in [6, 6.07) is 17.7. The number of hydrogen-bond donors (Lipinski definition) is 2. The van der Waals surface area contributed by atoms with Crippen molar-refractivity contribution < 1.29 is 24.3 Å². The Kier molecular flexibility index (Phi) is 6.46. The predicted octanol–water partition coefficient (Wildman–Crippen LogP) is 1.69. The standard InChI is InChI=1S/C19H20N2O5/c1-19(16-10-6-3-7-11-16,18(25)20-12-17(23)24)21(14-22)26-13-15-8-4-2-5-9-15/h2-11,14H,12-13H2,1H3,(H,20,25)(H,23,24). The number of carboxylic acid groups (broad SMARTS) is 1. The molecule has 2 rings (SSSR count). The van der Waals surface area contributed by atoms with Crippen molar-refractivity contribution in [3.8, 4) is 0 Å². The maximum Gasteiger partial charge on any atom is 0.322 e. The first-order chi connectivity index (χ1) is 12.5. The molecule has 0 bridgehead atoms. The summed E-state index contributed by atoms with van der Waals surface area (Å²) < 4.78 is 0. The lowest BCUT2D eigenvalue weighted by Crippen LogP contribution is -2.54. The van der Waals surface area contributed by atoms with E-state index in [0.29, 0.717) is 12.0 Å². The van der Waals surface area contributed by atoms with Gasteiger partial charge in [-0.2, -0.15) is 0 Å². The Bertz CT molecular complexity index is 751. The summed E-state index contributed by atoms with van der Waals surface area (Å²) in [6.45, 7) is 1.01. The molecule has 0 radical (unpaired) electrons. The van der Waals surface area contributed by atoms with Gasteiger partial charge in [-0.25, -0.2) is 5.06 Å². The number of benzene rings is 2. The lowest BCUT2D eigenvalue weighted by atomic mass is 9.90. The van der Waals surface area contributed by atoms with E-state index in [-0.39, 0.29) is 6.61 Å². The monoisotopic (exact) mass is 356 g/mol. The number of aliphatic carboxylic acids is 1. The van der Waals surface area contributed by atoms with Crippen molar-refractivity contribution in [1.82, 2.24) is 10.4 Å². The molecule has 7 heteroatoms. The van der Waals surface area contributed by atoms with E-state index < -0.39 is 24.0 Å². The van der Waals surface area contributed by atoms with Crippen LogP contribution in [-0.4, -0.2) is 35.0 Å². The van der Waals surface area contributed by atoms with Crippen LogP contribution in [0.2, 0.25) is 0 Å². The summed E-state index contributed by atoms with van der Waals surface area (Å²) in [6.07, 6.45) is 0.413. The molecule has 2 aromatic rings. The van der Waals surface area contributed by atoms with Crippen molar-refractivity contribution in [3.05, 3.63) is 71.8 Å². The van der Waals surface area contributed by atoms with Crippen LogP contribution in [0, 0.1) is 0 Å². The maximum atomic E-state index is 12.7. The first-order valence-electron chi connectivity index (χ1n) is 7.95. The first-order valence-corrected chi connectivity index (χ1v) is 7.95. The van der Waals surface area contributed by atoms with E-state index in [4.69, 9.17) is 9.94 Å². The first kappa shape index (κ1) is 19.1. The van der Waals surface area contributed by atoms with Gasteiger partial charge in [-0.05, 0) is 18.1 Å². The number of hydroxylamine groups is 2. The number of carboxylic acids is 1. The highest BCUT2D eigenvalue weighted by Gasteiger charge is 2.42. The van der Waals surface area contributed by atoms with Gasteiger partial charge in [0.15, 0.2) is 5.54 Å². The zero-order chi connectivity index (χ0) is 19.0. The summed E-state index contributed by atoms with van der Waals surface area (Å²) in [4.78, 5) is 40.8. The quantitative estimate of drug-likeness (QED) is 0.527. The average Bonchev–Trinajstić information content (AvgIpc) is 2.67. The van der Waals surface area contributed by atoms with Crippen LogP contribution in [0.25, 0.3) is 0 Å². The molecule has 2 N–H and O–H groups in total. The minimum atomic E-state index is -1.53. The average molecular weight is 356 g/mol. The molecule has 0 fully saturated rings. The Labute approximate surface area is 151 Å². The molecule has 0 saturated carbocycles. The minimum Gasteiger partial charge on any atom is -0.480 e. The van der Waals surface area contributed by atoms with Crippen LogP contribution in [-0.2, 0) is 31.4 Å². The molecule has 1 unspecified atom stereocenters. The SMILES string of the molecule is CC(C(=O)NCC(=O)O)(c1ccccc1)N(C=O)OCc1ccccc1. The van der Waals surface area contributed by atoms with Crippen molar-refractivity contribution in [3.63, 3.8) is 0 Å². The molecule has 0 heterocycles. The van der Waals surface area contributed by atoms with Crippen LogP contribution in [0.3, 0.4) is 0 Å². The Morgan fingerprint density at radius 3 is 2.23 bits per heavy atom. The molecule has 0 aliphatic heterocycles. The summed E-state index contributed by atoms with van der Waals surface area (Å²) in [5.41, 5.74) is -0.225. The highest BCUT2D eigenvalue weighted by Crippen LogP contribution is 2.28. The van der Waals surface area contributed by atoms with Gasteiger partial charge in [-0.15, -0.1) is 0 Å². The zero-order valence-electron chi connectivity index (χ0n) is 14.3. The summed E-state index contributed by atoms with van der Waals surface area (Å²) >= 11 is 0. The molecule has 1 atom stereocenters. The maximum absolute atomic E-state index is 12.7. The Morgan fingerprint density at radius 2 is 1.69 bits per heavy atom. The lowest BCUT2D eigenvalue weighted by molar-refractivity contribution is -0.216. The van der Waals surface area contributed by atoms with Crippen molar-refractivity contribution >= 4 is 18.3 Å². The van der Waals surface area contributed by atoms with E-state index in [0.717, 1.165) is 10.6 Å². The third-order valence-corrected chi connectivity index (χ3v) is 3.93. The van der Waals surface area contributed by atoms with Gasteiger partial charge in [0.2, 0.25) is 6.41 Å². The fraction of sp³-hybridized carbons (Fsp3) is 0.211. The van der Waals surface area contributed by atoms with Gasteiger partial charge in [0, 0.05) is 0 Å². The number of hydrogen-bond acceptors (Lipinski definition) is 4. The highest BCUT2D eigenvalue weighted by atomic mass is 16.7. The van der Waals surface area contributed by atoms with Crippen molar-refractivity contribution in [2.75, 3.05) is 6.54 Å². The Morgan fingerprint density at radius 1 is 1.12 bits per heavy atom. The molecule has 26 heavy (non-hydrogen) atoms. The predicted molar refractivity (Wildman–Crippen MR) is 93.6 cm³/mol. The lowest BCUT2D eigenvalue weighted by Gasteiger charge is -2.36. The Hall–Kier alpha value is -3.19. The van der Waals surface area contributed by atoms with Gasteiger partial charge < -0.3 is 10.4 Å². The van der Waals surface area contributed by atoms with E-state index in [1.165, 1.54) is 6.92 Å². The van der Waals surface area contributed by atoms with Gasteiger partial charge >= 0.3 is 5.97 Å². The van der Waals surface area contributed by atoms with Crippen LogP contribution in [0.1, 0.15) is 18.1 Å². The zero-order valence-corrected chi connectivity index (χ0v) is 14.3. The molecule has 0 aliphatic rings. The van der Waals surface area contributed by atoms with Crippen molar-refractivity contribution in [1.29, 1.82) is 0 Å². The second-order valence-corrected chi connectivity index (χ2v) is 5.70. The number of rotatable bonds is 9. The Balaban J connectivity index is 2.29. The van der Waals surface area contributed by atoms with Crippen LogP contribution in [0.15, 0.2) is 60.7 Å². The molecule has 0 aliphatic carbocycles. The minimum absolute atomic E-state index is 0.0776. The van der Waals surface area contributed by atoms with E-state index in [1.54, 1.807) is 30.3 Å². The molecule has 0 aromatic heterocycles. The molecular formula is C19H20N2O5. The van der Waals surface area contributed by atoms with Crippen molar-refractivity contribution in [2.45, 2.75) is 19.1 Å². The molecule has 136 valence electrons. The third kappa shape index (κ3) is 4.46. The number of carbonyl (C=O) groups is 3. The number of nitrogens with zero attached hydrogens (tertiary/aromatic N) is 1. The normalized spacial score (nSPS) is 12.7. The molecular weight excluding hydrogens is 336 g/mol. The van der Waals surface area contributed by atoms with Crippen molar-refractivity contribution in [2.24, 2.45) is 0 Å². The summed E-state index contributed by atoms with van der Waals surface area (Å²) in [7, 11) is 0. The van der Waals surface area contributed by atoms with Gasteiger partial charge in [-0.3, -0.25) is 19.2 Å². The number of carbonyl (C=O) groups excluding carboxylic acids is 2. The van der Waals surface area contributed by atoms with E-state index >= 15 is 0 Å². The summed E-state index contributed by atoms with van der Waals surface area (Å²) in [5, 5.41) is 12.0. The topological polar surface area (TPSA) is 95.9 Å². The van der Waals surface area contributed by atoms with Crippen LogP contribution < -0.4 is 5.32 Å². The number of nitrogens with one attached hydrogen (secondary N) is 1. The summed E-state index contributed by atoms with van der Waals surface area (Å²) in [5.74, 6) is -1.84. The smallest absolute Gasteiger partial charge is 0.322 e. The highest BCUT2D eigenvalue weighted by molar-refractivity contribution is 5.90. The second kappa shape index (κ2) is 8.77. The van der Waals surface area contributed by atoms with E-state index in [2.05, 4.69) is 5.32 Å². The molecule has 7 nitrogen and oxygen atoms in total. The fourth-order valence-electron chi connectivity index (χ4n) is 2.43. The molecule has 0 saturated heterocycles. The molecule has 2 aromatic carbocycles. The largest absolute Gasteiger partial charge is 0.480 e. The fourth-order valence-corrected chi connectivity index (χ4v) is 2.43. The van der Waals surface area contributed by atoms with Crippen LogP contribution >= 0.6 is 0 Å². The van der Waals surface area contributed by atoms with E-state index in [9.17, 15) is 14.4 Å². The molecule has 0 spiro atoms. The van der Waals surface area contributed by atoms with Gasteiger partial charge in [0.25, 0.3) is 5.91 Å². The second-order valence-electron chi connectivity index (χ2n) is 5.70. The van der Waals surface area contributed by atoms with Gasteiger partial charge in [0.05, 0.1) is 0 Å².